The normalized spacial score (nSPS) is 24.1. The van der Waals surface area contributed by atoms with Crippen molar-refractivity contribution in [3.63, 3.8) is 0 Å². The van der Waals surface area contributed by atoms with Crippen LogP contribution in [0.5, 0.6) is 0 Å². The summed E-state index contributed by atoms with van der Waals surface area (Å²) in [5, 5.41) is 4.47. The summed E-state index contributed by atoms with van der Waals surface area (Å²) in [7, 11) is 0. The highest BCUT2D eigenvalue weighted by Crippen LogP contribution is 2.31. The van der Waals surface area contributed by atoms with E-state index in [-0.39, 0.29) is 22.7 Å². The lowest BCUT2D eigenvalue weighted by Gasteiger charge is -2.33. The fourth-order valence-corrected chi connectivity index (χ4v) is 4.06. The van der Waals surface area contributed by atoms with E-state index in [4.69, 9.17) is 10.3 Å². The van der Waals surface area contributed by atoms with Crippen molar-refractivity contribution in [1.29, 1.82) is 0 Å². The number of halogens is 3. The van der Waals surface area contributed by atoms with E-state index >= 15 is 0 Å². The zero-order valence-electron chi connectivity index (χ0n) is 16.5. The number of likely N-dealkylation sites (tertiary alicyclic amines) is 1. The van der Waals surface area contributed by atoms with Crippen molar-refractivity contribution in [1.82, 2.24) is 4.90 Å². The van der Waals surface area contributed by atoms with E-state index in [1.165, 1.54) is 0 Å². The summed E-state index contributed by atoms with van der Waals surface area (Å²) in [6, 6.07) is 4.94. The van der Waals surface area contributed by atoms with Gasteiger partial charge in [0.05, 0.1) is 6.26 Å². The van der Waals surface area contributed by atoms with Crippen LogP contribution in [0.3, 0.4) is 0 Å². The average molecular weight is 429 g/mol. The Morgan fingerprint density at radius 1 is 1.16 bits per heavy atom. The minimum atomic E-state index is -0.916. The van der Waals surface area contributed by atoms with Crippen LogP contribution >= 0.6 is 0 Å². The minimum Gasteiger partial charge on any atom is -0.461 e. The van der Waals surface area contributed by atoms with Crippen LogP contribution in [0.4, 0.5) is 13.2 Å². The molecule has 1 saturated heterocycles. The highest BCUT2D eigenvalue weighted by molar-refractivity contribution is 6.31. The molecule has 31 heavy (non-hydrogen) atoms. The van der Waals surface area contributed by atoms with Gasteiger partial charge in [-0.3, -0.25) is 4.90 Å². The van der Waals surface area contributed by atoms with E-state index in [1.807, 2.05) is 4.90 Å². The van der Waals surface area contributed by atoms with Crippen molar-refractivity contribution in [2.24, 2.45) is 26.8 Å². The Labute approximate surface area is 176 Å². The number of furan rings is 1. The van der Waals surface area contributed by atoms with Crippen LogP contribution in [-0.4, -0.2) is 40.6 Å². The van der Waals surface area contributed by atoms with Crippen molar-refractivity contribution < 1.29 is 22.3 Å². The highest BCUT2D eigenvalue weighted by Gasteiger charge is 2.41. The molecule has 1 atom stereocenters. The first-order valence-electron chi connectivity index (χ1n) is 9.94. The van der Waals surface area contributed by atoms with Crippen molar-refractivity contribution in [2.75, 3.05) is 13.1 Å². The standard InChI is InChI=1S/C21H20F3N6O/c22-14-8-16(23)15(17(24)9-14)11-29-5-3-13(4-6-29)18-12-30(25)20(10-26-18)27-21(28-30)19-2-1-7-31-19/h1-2,7-10,12-13H,3-6,11,25H2/q+1. The third-order valence-corrected chi connectivity index (χ3v) is 5.74. The molecule has 160 valence electrons. The fraction of sp³-hybridized carbons (Fsp3) is 0.286. The second kappa shape index (κ2) is 7.56. The molecular weight excluding hydrogens is 409 g/mol. The number of rotatable bonds is 4. The van der Waals surface area contributed by atoms with Gasteiger partial charge in [0, 0.05) is 30.2 Å². The molecule has 4 heterocycles. The molecule has 1 unspecified atom stereocenters. The fourth-order valence-electron chi connectivity index (χ4n) is 4.06. The summed E-state index contributed by atoms with van der Waals surface area (Å²) in [5.41, 5.74) is 0.698. The summed E-state index contributed by atoms with van der Waals surface area (Å²) in [6.45, 7) is 1.35. The van der Waals surface area contributed by atoms with Gasteiger partial charge in [0.25, 0.3) is 11.7 Å². The van der Waals surface area contributed by atoms with Crippen LogP contribution in [-0.2, 0) is 6.54 Å². The average Bonchev–Trinajstić information content (AvgIpc) is 3.38. The first kappa shape index (κ1) is 19.9. The molecule has 2 N–H and O–H groups in total. The summed E-state index contributed by atoms with van der Waals surface area (Å²) >= 11 is 0. The zero-order chi connectivity index (χ0) is 21.6. The molecule has 2 aromatic rings. The topological polar surface area (TPSA) is 79.5 Å². The molecule has 1 aromatic heterocycles. The molecule has 0 saturated carbocycles. The molecule has 1 fully saturated rings. The molecule has 7 nitrogen and oxygen atoms in total. The van der Waals surface area contributed by atoms with E-state index in [0.29, 0.717) is 42.7 Å². The molecule has 0 spiro atoms. The minimum absolute atomic E-state index is 0.0947. The van der Waals surface area contributed by atoms with Gasteiger partial charge in [0.1, 0.15) is 29.4 Å². The predicted molar refractivity (Wildman–Crippen MR) is 108 cm³/mol. The highest BCUT2D eigenvalue weighted by atomic mass is 19.1. The number of piperidine rings is 1. The summed E-state index contributed by atoms with van der Waals surface area (Å²) < 4.78 is 46.1. The van der Waals surface area contributed by atoms with E-state index in [1.54, 1.807) is 30.8 Å². The molecule has 10 heteroatoms. The third kappa shape index (κ3) is 3.73. The largest absolute Gasteiger partial charge is 0.461 e. The Morgan fingerprint density at radius 2 is 1.90 bits per heavy atom. The Kier molecular flexibility index (Phi) is 4.84. The number of hydrogen-bond donors (Lipinski definition) is 1. The van der Waals surface area contributed by atoms with Crippen molar-refractivity contribution in [3.05, 3.63) is 71.2 Å². The van der Waals surface area contributed by atoms with Gasteiger partial charge >= 0.3 is 0 Å². The van der Waals surface area contributed by atoms with Gasteiger partial charge in [-0.1, -0.05) is 0 Å². The first-order chi connectivity index (χ1) is 14.9. The smallest absolute Gasteiger partial charge is 0.300 e. The number of nitrogens with zero attached hydrogens (tertiary/aromatic N) is 5. The Bertz CT molecular complexity index is 1110. The van der Waals surface area contributed by atoms with Gasteiger partial charge in [-0.25, -0.2) is 18.2 Å². The van der Waals surface area contributed by atoms with Crippen molar-refractivity contribution >= 4 is 17.9 Å². The van der Waals surface area contributed by atoms with Gasteiger partial charge in [-0.15, -0.1) is 5.84 Å². The van der Waals surface area contributed by atoms with E-state index in [9.17, 15) is 13.2 Å². The Hall–Kier alpha value is -3.08. The number of fused-ring (bicyclic) bond motifs is 1. The maximum Gasteiger partial charge on any atom is 0.300 e. The number of hydrogen-bond acceptors (Lipinski definition) is 6. The second-order valence-corrected chi connectivity index (χ2v) is 7.82. The lowest BCUT2D eigenvalue weighted by molar-refractivity contribution is -0.803. The quantitative estimate of drug-likeness (QED) is 0.598. The molecule has 0 amide bonds. The van der Waals surface area contributed by atoms with E-state index in [2.05, 4.69) is 15.1 Å². The second-order valence-electron chi connectivity index (χ2n) is 7.82. The van der Waals surface area contributed by atoms with Crippen LogP contribution in [0.1, 0.15) is 24.2 Å². The number of quaternary nitrogens is 1. The SMILES string of the molecule is N[N+]12C=C(C3CCN(Cc4c(F)cc(F)cc4F)CC3)N=CC1=NC(c1ccco1)=N2. The number of aliphatic imine (C=N–C) groups is 2. The maximum atomic E-state index is 14.0. The van der Waals surface area contributed by atoms with Crippen molar-refractivity contribution in [2.45, 2.75) is 19.4 Å². The number of benzene rings is 1. The van der Waals surface area contributed by atoms with Gasteiger partial charge in [-0.2, -0.15) is 4.99 Å². The van der Waals surface area contributed by atoms with Gasteiger partial charge < -0.3 is 4.42 Å². The van der Waals surface area contributed by atoms with Crippen LogP contribution in [0.25, 0.3) is 0 Å². The Balaban J connectivity index is 1.27. The summed E-state index contributed by atoms with van der Waals surface area (Å²) in [5.74, 6) is 5.35. The van der Waals surface area contributed by atoms with Crippen LogP contribution in [0, 0.1) is 23.4 Å². The van der Waals surface area contributed by atoms with Crippen LogP contribution in [0.15, 0.2) is 61.9 Å². The van der Waals surface area contributed by atoms with Gasteiger partial charge in [0.15, 0.2) is 12.0 Å². The lowest BCUT2D eigenvalue weighted by atomic mass is 9.93. The number of amidine groups is 2. The van der Waals surface area contributed by atoms with Crippen LogP contribution in [0.2, 0.25) is 0 Å². The maximum absolute atomic E-state index is 14.0. The molecule has 3 aliphatic heterocycles. The number of allylic oxidation sites excluding steroid dienone is 1. The zero-order valence-corrected chi connectivity index (χ0v) is 16.5. The molecule has 0 aliphatic carbocycles. The molecule has 0 bridgehead atoms. The summed E-state index contributed by atoms with van der Waals surface area (Å²) in [4.78, 5) is 10.9. The Morgan fingerprint density at radius 3 is 2.58 bits per heavy atom. The molecule has 3 aliphatic rings. The van der Waals surface area contributed by atoms with Crippen LogP contribution < -0.4 is 5.84 Å². The molecule has 1 aromatic carbocycles. The third-order valence-electron chi connectivity index (χ3n) is 5.74. The monoisotopic (exact) mass is 429 g/mol. The number of nitrogens with two attached hydrogens (primary N) is 1. The van der Waals surface area contributed by atoms with E-state index < -0.39 is 17.5 Å². The summed E-state index contributed by atoms with van der Waals surface area (Å²) in [6.07, 6.45) is 6.42. The molecule has 5 rings (SSSR count). The lowest BCUT2D eigenvalue weighted by Crippen LogP contribution is -2.50. The van der Waals surface area contributed by atoms with E-state index in [0.717, 1.165) is 18.5 Å². The van der Waals surface area contributed by atoms with Gasteiger partial charge in [0.2, 0.25) is 0 Å². The van der Waals surface area contributed by atoms with Crippen molar-refractivity contribution in [3.8, 4) is 0 Å². The predicted octanol–water partition coefficient (Wildman–Crippen LogP) is 3.30. The first-order valence-corrected chi connectivity index (χ1v) is 9.94. The van der Waals surface area contributed by atoms with Gasteiger partial charge in [-0.05, 0) is 47.9 Å². The molecular formula is C21H20F3N6O+. The molecule has 0 radical (unpaired) electrons.